The van der Waals surface area contributed by atoms with Crippen molar-refractivity contribution in [3.8, 4) is 22.5 Å². The number of aryl methyl sites for hydroxylation is 1. The summed E-state index contributed by atoms with van der Waals surface area (Å²) in [5.41, 5.74) is 13.1. The van der Waals surface area contributed by atoms with Gasteiger partial charge in [0.1, 0.15) is 6.61 Å². The first-order valence-electron chi connectivity index (χ1n) is 14.2. The quantitative estimate of drug-likeness (QED) is 0.208. The standard InChI is InChI=1S/C31H25N5O5.C2H6/c1-14-21-12-36-25(10-19-22(30(36)39)13-41-31(40)28(19)37)27(21)35-24-8-7-23-20(26(14)24)9-17(11-33-23)16-3-5-18(6-4-16)34-29(38)15(2)32;1-2/h3-11,15,28,37H,12-13,32H2,1-2H3,(H,34,38);1-2H3. The molecule has 0 saturated heterocycles. The van der Waals surface area contributed by atoms with Crippen LogP contribution in [0.1, 0.15) is 49.1 Å². The zero-order valence-electron chi connectivity index (χ0n) is 24.3. The number of carbonyl (C=O) groups excluding carboxylic acids is 2. The average Bonchev–Trinajstić information content (AvgIpc) is 3.39. The molecule has 10 nitrogen and oxygen atoms in total. The average molecular weight is 578 g/mol. The first kappa shape index (κ1) is 28.2. The number of fused-ring (bicyclic) bond motifs is 7. The number of hydrogen-bond acceptors (Lipinski definition) is 8. The van der Waals surface area contributed by atoms with E-state index in [1.165, 1.54) is 0 Å². The Kier molecular flexibility index (Phi) is 7.03. The van der Waals surface area contributed by atoms with Crippen molar-refractivity contribution >= 4 is 39.4 Å². The summed E-state index contributed by atoms with van der Waals surface area (Å²) in [6.07, 6.45) is 0.319. The minimum atomic E-state index is -1.49. The van der Waals surface area contributed by atoms with Crippen LogP contribution in [0.4, 0.5) is 5.69 Å². The number of ether oxygens (including phenoxy) is 1. The second-order valence-corrected chi connectivity index (χ2v) is 10.5. The molecule has 2 aromatic carbocycles. The van der Waals surface area contributed by atoms with Crippen LogP contribution in [0, 0.1) is 6.92 Å². The van der Waals surface area contributed by atoms with E-state index in [1.807, 2.05) is 63.4 Å². The van der Waals surface area contributed by atoms with Gasteiger partial charge in [0.2, 0.25) is 5.91 Å². The minimum Gasteiger partial charge on any atom is -0.458 e. The largest absolute Gasteiger partial charge is 0.458 e. The fraction of sp³-hybridized carbons (Fsp3) is 0.242. The monoisotopic (exact) mass is 577 g/mol. The van der Waals surface area contributed by atoms with Gasteiger partial charge in [-0.3, -0.25) is 14.6 Å². The van der Waals surface area contributed by atoms with Gasteiger partial charge < -0.3 is 25.5 Å². The maximum atomic E-state index is 13.4. The fourth-order valence-electron chi connectivity index (χ4n) is 5.71. The third kappa shape index (κ3) is 4.55. The minimum absolute atomic E-state index is 0.159. The van der Waals surface area contributed by atoms with Crippen molar-refractivity contribution in [2.45, 2.75) is 53.0 Å². The molecule has 218 valence electrons. The van der Waals surface area contributed by atoms with Gasteiger partial charge >= 0.3 is 5.97 Å². The summed E-state index contributed by atoms with van der Waals surface area (Å²) < 4.78 is 6.63. The van der Waals surface area contributed by atoms with Gasteiger partial charge in [-0.2, -0.15) is 0 Å². The fourth-order valence-corrected chi connectivity index (χ4v) is 5.71. The maximum absolute atomic E-state index is 13.4. The number of aromatic nitrogens is 3. The van der Waals surface area contributed by atoms with Crippen molar-refractivity contribution in [1.29, 1.82) is 0 Å². The van der Waals surface area contributed by atoms with Crippen molar-refractivity contribution < 1.29 is 19.4 Å². The van der Waals surface area contributed by atoms with Gasteiger partial charge in [-0.15, -0.1) is 0 Å². The molecule has 0 spiro atoms. The van der Waals surface area contributed by atoms with E-state index in [2.05, 4.69) is 11.4 Å². The number of hydrogen-bond donors (Lipinski definition) is 3. The Hall–Kier alpha value is -4.93. The second kappa shape index (κ2) is 10.7. The molecule has 0 aliphatic carbocycles. The lowest BCUT2D eigenvalue weighted by molar-refractivity contribution is -0.157. The number of nitrogens with two attached hydrogens (primary N) is 1. The Balaban J connectivity index is 0.00000161. The van der Waals surface area contributed by atoms with Crippen molar-refractivity contribution in [3.63, 3.8) is 0 Å². The first-order chi connectivity index (χ1) is 20.7. The number of aliphatic hydroxyl groups is 1. The summed E-state index contributed by atoms with van der Waals surface area (Å²) in [6, 6.07) is 14.5. The third-order valence-electron chi connectivity index (χ3n) is 7.96. The predicted molar refractivity (Wildman–Crippen MR) is 164 cm³/mol. The molecule has 2 aliphatic rings. The normalized spacial score (nSPS) is 15.6. The van der Waals surface area contributed by atoms with Gasteiger partial charge in [0.25, 0.3) is 5.56 Å². The molecule has 3 aromatic heterocycles. The molecule has 43 heavy (non-hydrogen) atoms. The summed E-state index contributed by atoms with van der Waals surface area (Å²) in [7, 11) is 0. The number of cyclic esters (lactones) is 1. The van der Waals surface area contributed by atoms with Crippen LogP contribution >= 0.6 is 0 Å². The molecule has 2 unspecified atom stereocenters. The number of benzene rings is 2. The highest BCUT2D eigenvalue weighted by molar-refractivity contribution is 6.09. The third-order valence-corrected chi connectivity index (χ3v) is 7.96. The lowest BCUT2D eigenvalue weighted by atomic mass is 9.96. The number of esters is 1. The highest BCUT2D eigenvalue weighted by Crippen LogP contribution is 2.39. The topological polar surface area (TPSA) is 149 Å². The second-order valence-electron chi connectivity index (χ2n) is 10.5. The Morgan fingerprint density at radius 1 is 1.07 bits per heavy atom. The Morgan fingerprint density at radius 3 is 2.51 bits per heavy atom. The number of amides is 1. The summed E-state index contributed by atoms with van der Waals surface area (Å²) in [6.45, 7) is 7.82. The van der Waals surface area contributed by atoms with E-state index in [-0.39, 0.29) is 23.6 Å². The van der Waals surface area contributed by atoms with Crippen LogP contribution in [0.5, 0.6) is 0 Å². The van der Waals surface area contributed by atoms with Crippen molar-refractivity contribution in [2.24, 2.45) is 5.73 Å². The molecule has 4 N–H and O–H groups in total. The van der Waals surface area contributed by atoms with Gasteiger partial charge in [0.15, 0.2) is 6.10 Å². The molecular weight excluding hydrogens is 546 g/mol. The molecule has 10 heteroatoms. The smallest absolute Gasteiger partial charge is 0.340 e. The van der Waals surface area contributed by atoms with Crippen LogP contribution in [0.3, 0.4) is 0 Å². The lowest BCUT2D eigenvalue weighted by Gasteiger charge is -2.21. The summed E-state index contributed by atoms with van der Waals surface area (Å²) in [5.74, 6) is -1.02. The Morgan fingerprint density at radius 2 is 1.79 bits per heavy atom. The number of nitrogens with one attached hydrogen (secondary N) is 1. The number of anilines is 1. The molecule has 1 amide bonds. The van der Waals surface area contributed by atoms with E-state index in [4.69, 9.17) is 20.4 Å². The zero-order valence-corrected chi connectivity index (χ0v) is 24.3. The molecule has 2 aliphatic heterocycles. The molecule has 7 rings (SSSR count). The van der Waals surface area contributed by atoms with Gasteiger partial charge in [-0.1, -0.05) is 26.0 Å². The SMILES string of the molecule is CC.Cc1c2c(nc3ccc4ncc(-c5ccc(NC(=O)C(C)N)cc5)cc4c13)-c1cc3c(c(=O)n1C2)COC(=O)C3O. The van der Waals surface area contributed by atoms with E-state index in [9.17, 15) is 19.5 Å². The highest BCUT2D eigenvalue weighted by atomic mass is 16.5. The number of nitrogens with zero attached hydrogens (tertiary/aromatic N) is 3. The molecule has 0 fully saturated rings. The van der Waals surface area contributed by atoms with Crippen LogP contribution in [0.25, 0.3) is 44.3 Å². The number of aliphatic hydroxyl groups excluding tert-OH is 1. The zero-order chi connectivity index (χ0) is 30.6. The molecule has 5 aromatic rings. The van der Waals surface area contributed by atoms with Crippen molar-refractivity contribution in [2.75, 3.05) is 5.32 Å². The van der Waals surface area contributed by atoms with Crippen LogP contribution in [-0.4, -0.2) is 37.6 Å². The highest BCUT2D eigenvalue weighted by Gasteiger charge is 2.34. The molecule has 5 heterocycles. The van der Waals surface area contributed by atoms with Crippen molar-refractivity contribution in [3.05, 3.63) is 87.3 Å². The molecular formula is C33H31N5O5. The Bertz CT molecular complexity index is 2010. The van der Waals surface area contributed by atoms with Crippen LogP contribution in [-0.2, 0) is 27.5 Å². The summed E-state index contributed by atoms with van der Waals surface area (Å²) >= 11 is 0. The Labute approximate surface area is 247 Å². The van der Waals surface area contributed by atoms with E-state index in [1.54, 1.807) is 17.6 Å². The van der Waals surface area contributed by atoms with E-state index in [0.717, 1.165) is 44.1 Å². The van der Waals surface area contributed by atoms with Gasteiger partial charge in [-0.25, -0.2) is 9.78 Å². The molecule has 0 saturated carbocycles. The lowest BCUT2D eigenvalue weighted by Crippen LogP contribution is -2.32. The molecule has 0 bridgehead atoms. The van der Waals surface area contributed by atoms with Crippen molar-refractivity contribution in [1.82, 2.24) is 14.5 Å². The van der Waals surface area contributed by atoms with E-state index >= 15 is 0 Å². The molecule has 2 atom stereocenters. The van der Waals surface area contributed by atoms with E-state index < -0.39 is 18.1 Å². The predicted octanol–water partition coefficient (Wildman–Crippen LogP) is 4.35. The number of rotatable bonds is 3. The van der Waals surface area contributed by atoms with Gasteiger partial charge in [0, 0.05) is 39.3 Å². The molecule has 0 radical (unpaired) electrons. The summed E-state index contributed by atoms with van der Waals surface area (Å²) in [4.78, 5) is 46.9. The van der Waals surface area contributed by atoms with Gasteiger partial charge in [-0.05, 0) is 61.4 Å². The van der Waals surface area contributed by atoms with Crippen LogP contribution in [0.2, 0.25) is 0 Å². The number of pyridine rings is 3. The van der Waals surface area contributed by atoms with Crippen LogP contribution in [0.15, 0.2) is 59.5 Å². The first-order valence-corrected chi connectivity index (χ1v) is 14.2. The van der Waals surface area contributed by atoms with Gasteiger partial charge in [0.05, 0.1) is 40.6 Å². The number of carbonyl (C=O) groups is 2. The summed E-state index contributed by atoms with van der Waals surface area (Å²) in [5, 5.41) is 15.1. The van der Waals surface area contributed by atoms with Crippen LogP contribution < -0.4 is 16.6 Å². The maximum Gasteiger partial charge on any atom is 0.340 e. The van der Waals surface area contributed by atoms with E-state index in [0.29, 0.717) is 29.2 Å².